The van der Waals surface area contributed by atoms with Gasteiger partial charge in [0.15, 0.2) is 0 Å². The van der Waals surface area contributed by atoms with Crippen molar-refractivity contribution < 1.29 is 12.8 Å². The second-order valence-corrected chi connectivity index (χ2v) is 7.19. The molecule has 0 aliphatic rings. The third kappa shape index (κ3) is 5.74. The van der Waals surface area contributed by atoms with Crippen LogP contribution in [0.15, 0.2) is 53.4 Å². The van der Waals surface area contributed by atoms with Gasteiger partial charge in [0.05, 0.1) is 4.90 Å². The summed E-state index contributed by atoms with van der Waals surface area (Å²) in [4.78, 5) is 0.124. The number of nitrogens with two attached hydrogens (primary N) is 1. The van der Waals surface area contributed by atoms with E-state index in [1.54, 1.807) is 24.3 Å². The first-order valence-electron chi connectivity index (χ1n) is 7.44. The molecule has 2 rings (SSSR count). The third-order valence-electron chi connectivity index (χ3n) is 3.61. The zero-order chi connectivity index (χ0) is 16.9. The van der Waals surface area contributed by atoms with E-state index in [2.05, 4.69) is 12.2 Å². The molecule has 0 aliphatic heterocycles. The first-order valence-corrected chi connectivity index (χ1v) is 8.99. The lowest BCUT2D eigenvalue weighted by molar-refractivity contribution is 0.547. The number of nitrogens with one attached hydrogen (secondary N) is 1. The Kier molecular flexibility index (Phi) is 5.87. The van der Waals surface area contributed by atoms with Crippen LogP contribution in [0.5, 0.6) is 0 Å². The van der Waals surface area contributed by atoms with Crippen molar-refractivity contribution in [2.45, 2.75) is 30.7 Å². The van der Waals surface area contributed by atoms with Crippen molar-refractivity contribution in [3.63, 3.8) is 0 Å². The van der Waals surface area contributed by atoms with E-state index >= 15 is 0 Å². The van der Waals surface area contributed by atoms with Crippen molar-refractivity contribution in [3.05, 3.63) is 65.5 Å². The van der Waals surface area contributed by atoms with E-state index in [1.807, 2.05) is 0 Å². The molecule has 0 radical (unpaired) electrons. The van der Waals surface area contributed by atoms with E-state index in [4.69, 9.17) is 5.14 Å². The molecule has 0 amide bonds. The predicted molar refractivity (Wildman–Crippen MR) is 89.1 cm³/mol. The van der Waals surface area contributed by atoms with E-state index < -0.39 is 10.0 Å². The van der Waals surface area contributed by atoms with Gasteiger partial charge in [0.2, 0.25) is 10.0 Å². The highest BCUT2D eigenvalue weighted by Gasteiger charge is 2.07. The second-order valence-electron chi connectivity index (χ2n) is 5.62. The van der Waals surface area contributed by atoms with Crippen molar-refractivity contribution in [2.24, 2.45) is 5.14 Å². The number of halogens is 1. The summed E-state index contributed by atoms with van der Waals surface area (Å²) in [6, 6.07) is 13.4. The Hall–Kier alpha value is -1.76. The quantitative estimate of drug-likeness (QED) is 0.814. The van der Waals surface area contributed by atoms with Crippen molar-refractivity contribution in [3.8, 4) is 0 Å². The van der Waals surface area contributed by atoms with E-state index in [-0.39, 0.29) is 16.8 Å². The summed E-state index contributed by atoms with van der Waals surface area (Å²) in [5.74, 6) is -0.225. The maximum absolute atomic E-state index is 12.9. The summed E-state index contributed by atoms with van der Waals surface area (Å²) in [6.45, 7) is 2.85. The van der Waals surface area contributed by atoms with Gasteiger partial charge in [-0.25, -0.2) is 17.9 Å². The summed E-state index contributed by atoms with van der Waals surface area (Å²) in [7, 11) is -3.63. The largest absolute Gasteiger partial charge is 0.314 e. The van der Waals surface area contributed by atoms with Gasteiger partial charge in [0.25, 0.3) is 0 Å². The van der Waals surface area contributed by atoms with Gasteiger partial charge in [0.1, 0.15) is 5.82 Å². The van der Waals surface area contributed by atoms with Crippen molar-refractivity contribution >= 4 is 10.0 Å². The number of sulfonamides is 1. The van der Waals surface area contributed by atoms with Gasteiger partial charge in [-0.15, -0.1) is 0 Å². The van der Waals surface area contributed by atoms with Crippen molar-refractivity contribution in [2.75, 3.05) is 6.54 Å². The third-order valence-corrected chi connectivity index (χ3v) is 4.54. The molecule has 0 saturated carbocycles. The highest BCUT2D eigenvalue weighted by Crippen LogP contribution is 2.09. The number of rotatable bonds is 7. The Labute approximate surface area is 136 Å². The molecular formula is C17H21FN2O2S. The Morgan fingerprint density at radius 3 is 2.17 bits per heavy atom. The van der Waals surface area contributed by atoms with Crippen LogP contribution in [0.2, 0.25) is 0 Å². The van der Waals surface area contributed by atoms with Crippen LogP contribution in [0.4, 0.5) is 4.39 Å². The molecule has 0 bridgehead atoms. The minimum atomic E-state index is -3.63. The highest BCUT2D eigenvalue weighted by molar-refractivity contribution is 7.89. The summed E-state index contributed by atoms with van der Waals surface area (Å²) in [6.07, 6.45) is 1.61. The monoisotopic (exact) mass is 336 g/mol. The summed E-state index contributed by atoms with van der Waals surface area (Å²) in [5.41, 5.74) is 2.13. The SMILES string of the molecule is CC(Cc1ccc(F)cc1)NCCc1ccc(S(N)(=O)=O)cc1. The fourth-order valence-corrected chi connectivity index (χ4v) is 2.87. The molecule has 0 spiro atoms. The lowest BCUT2D eigenvalue weighted by atomic mass is 10.1. The van der Waals surface area contributed by atoms with Crippen LogP contribution >= 0.6 is 0 Å². The Morgan fingerprint density at radius 2 is 1.61 bits per heavy atom. The first-order chi connectivity index (χ1) is 10.8. The van der Waals surface area contributed by atoms with E-state index in [9.17, 15) is 12.8 Å². The Morgan fingerprint density at radius 1 is 1.04 bits per heavy atom. The Bertz CT molecular complexity index is 728. The van der Waals surface area contributed by atoms with Crippen LogP contribution < -0.4 is 10.5 Å². The molecule has 0 aromatic heterocycles. The predicted octanol–water partition coefficient (Wildman–Crippen LogP) is 2.24. The number of primary sulfonamides is 1. The van der Waals surface area contributed by atoms with Gasteiger partial charge in [-0.3, -0.25) is 0 Å². The molecule has 124 valence electrons. The molecule has 2 aromatic rings. The zero-order valence-electron chi connectivity index (χ0n) is 13.0. The topological polar surface area (TPSA) is 72.2 Å². The smallest absolute Gasteiger partial charge is 0.238 e. The van der Waals surface area contributed by atoms with Crippen LogP contribution in [-0.4, -0.2) is 21.0 Å². The fraction of sp³-hybridized carbons (Fsp3) is 0.294. The number of benzene rings is 2. The molecule has 6 heteroatoms. The number of hydrogen-bond acceptors (Lipinski definition) is 3. The molecule has 3 N–H and O–H groups in total. The lowest BCUT2D eigenvalue weighted by Gasteiger charge is -2.14. The van der Waals surface area contributed by atoms with E-state index in [0.717, 1.165) is 30.5 Å². The molecule has 2 aromatic carbocycles. The average Bonchev–Trinajstić information content (AvgIpc) is 2.49. The minimum Gasteiger partial charge on any atom is -0.314 e. The van der Waals surface area contributed by atoms with Gasteiger partial charge in [-0.1, -0.05) is 24.3 Å². The fourth-order valence-electron chi connectivity index (χ4n) is 2.35. The summed E-state index contributed by atoms with van der Waals surface area (Å²) < 4.78 is 35.2. The maximum Gasteiger partial charge on any atom is 0.238 e. The van der Waals surface area contributed by atoms with Crippen molar-refractivity contribution in [1.29, 1.82) is 0 Å². The van der Waals surface area contributed by atoms with Crippen molar-refractivity contribution in [1.82, 2.24) is 5.32 Å². The molecule has 0 heterocycles. The summed E-state index contributed by atoms with van der Waals surface area (Å²) in [5, 5.41) is 8.47. The standard InChI is InChI=1S/C17H21FN2O2S/c1-13(12-15-2-6-16(18)7-3-15)20-11-10-14-4-8-17(9-5-14)23(19,21)22/h2-9,13,20H,10-12H2,1H3,(H2,19,21,22). The molecule has 4 nitrogen and oxygen atoms in total. The maximum atomic E-state index is 12.9. The van der Waals surface area contributed by atoms with E-state index in [0.29, 0.717) is 0 Å². The Balaban J connectivity index is 1.79. The average molecular weight is 336 g/mol. The van der Waals surface area contributed by atoms with Gasteiger partial charge in [-0.05, 0) is 61.7 Å². The molecule has 0 fully saturated rings. The van der Waals surface area contributed by atoms with Gasteiger partial charge >= 0.3 is 0 Å². The number of hydrogen-bond donors (Lipinski definition) is 2. The minimum absolute atomic E-state index is 0.124. The lowest BCUT2D eigenvalue weighted by Crippen LogP contribution is -2.30. The summed E-state index contributed by atoms with van der Waals surface area (Å²) >= 11 is 0. The van der Waals surface area contributed by atoms with Gasteiger partial charge in [0, 0.05) is 6.04 Å². The highest BCUT2D eigenvalue weighted by atomic mass is 32.2. The van der Waals surface area contributed by atoms with Gasteiger partial charge in [-0.2, -0.15) is 0 Å². The molecule has 1 atom stereocenters. The normalized spacial score (nSPS) is 13.0. The zero-order valence-corrected chi connectivity index (χ0v) is 13.8. The molecule has 23 heavy (non-hydrogen) atoms. The van der Waals surface area contributed by atoms with Gasteiger partial charge < -0.3 is 5.32 Å². The van der Waals surface area contributed by atoms with Crippen LogP contribution in [-0.2, 0) is 22.9 Å². The molecular weight excluding hydrogens is 315 g/mol. The molecule has 0 saturated heterocycles. The van der Waals surface area contributed by atoms with E-state index in [1.165, 1.54) is 24.3 Å². The van der Waals surface area contributed by atoms with Crippen LogP contribution in [0.3, 0.4) is 0 Å². The molecule has 0 aliphatic carbocycles. The van der Waals surface area contributed by atoms with Crippen LogP contribution in [0, 0.1) is 5.82 Å². The van der Waals surface area contributed by atoms with Crippen LogP contribution in [0.25, 0.3) is 0 Å². The second kappa shape index (κ2) is 7.68. The first kappa shape index (κ1) is 17.6. The van der Waals surface area contributed by atoms with Crippen LogP contribution in [0.1, 0.15) is 18.1 Å². The molecule has 1 unspecified atom stereocenters.